The molecular weight excluding hydrogens is 292 g/mol. The Morgan fingerprint density at radius 1 is 1.29 bits per heavy atom. The van der Waals surface area contributed by atoms with Crippen molar-refractivity contribution in [2.45, 2.75) is 25.3 Å². The summed E-state index contributed by atoms with van der Waals surface area (Å²) in [5.41, 5.74) is 2.24. The monoisotopic (exact) mass is 308 g/mol. The van der Waals surface area contributed by atoms with Gasteiger partial charge in [-0.2, -0.15) is 5.10 Å². The third kappa shape index (κ3) is 3.89. The molecule has 112 valence electrons. The minimum Gasteiger partial charge on any atom is -0.324 e. The quantitative estimate of drug-likeness (QED) is 0.870. The van der Waals surface area contributed by atoms with Crippen molar-refractivity contribution < 1.29 is 13.2 Å². The van der Waals surface area contributed by atoms with Crippen LogP contribution in [0.4, 0.5) is 5.69 Å². The molecule has 3 N–H and O–H groups in total. The number of sulfonamides is 1. The second kappa shape index (κ2) is 5.66. The summed E-state index contributed by atoms with van der Waals surface area (Å²) < 4.78 is 23.9. The smallest absolute Gasteiger partial charge is 0.246 e. The lowest BCUT2D eigenvalue weighted by atomic mass is 10.3. The standard InChI is InChI=1S/C13H16N4O3S/c1-9-7-10(2)17(16-9)8-13(18)15-11-3-5-12(6-4-11)21(14,19)20/h3-7H,8H2,1-2H3,(H,15,18)(H2,14,19,20). The van der Waals surface area contributed by atoms with Gasteiger partial charge in [-0.05, 0) is 44.2 Å². The first-order valence-electron chi connectivity index (χ1n) is 6.19. The van der Waals surface area contributed by atoms with E-state index < -0.39 is 10.0 Å². The summed E-state index contributed by atoms with van der Waals surface area (Å²) in [7, 11) is -3.73. The van der Waals surface area contributed by atoms with Crippen molar-refractivity contribution >= 4 is 21.6 Å². The van der Waals surface area contributed by atoms with Crippen molar-refractivity contribution in [3.63, 3.8) is 0 Å². The lowest BCUT2D eigenvalue weighted by molar-refractivity contribution is -0.116. The topological polar surface area (TPSA) is 107 Å². The van der Waals surface area contributed by atoms with Gasteiger partial charge in [0.15, 0.2) is 0 Å². The Bertz CT molecular complexity index is 763. The zero-order valence-corrected chi connectivity index (χ0v) is 12.5. The van der Waals surface area contributed by atoms with Crippen LogP contribution in [-0.4, -0.2) is 24.1 Å². The van der Waals surface area contributed by atoms with E-state index in [1.165, 1.54) is 24.3 Å². The third-order valence-electron chi connectivity index (χ3n) is 2.86. The largest absolute Gasteiger partial charge is 0.324 e. The number of anilines is 1. The minimum absolute atomic E-state index is 0.000885. The summed E-state index contributed by atoms with van der Waals surface area (Å²) >= 11 is 0. The van der Waals surface area contributed by atoms with Gasteiger partial charge in [0, 0.05) is 11.4 Å². The molecule has 7 nitrogen and oxygen atoms in total. The van der Waals surface area contributed by atoms with Crippen molar-refractivity contribution in [3.05, 3.63) is 41.7 Å². The van der Waals surface area contributed by atoms with Gasteiger partial charge >= 0.3 is 0 Å². The van der Waals surface area contributed by atoms with Crippen LogP contribution in [0.1, 0.15) is 11.4 Å². The first-order chi connectivity index (χ1) is 9.75. The Morgan fingerprint density at radius 2 is 1.90 bits per heavy atom. The highest BCUT2D eigenvalue weighted by molar-refractivity contribution is 7.89. The lowest BCUT2D eigenvalue weighted by Gasteiger charge is -2.07. The molecule has 1 amide bonds. The van der Waals surface area contributed by atoms with Crippen LogP contribution in [0.5, 0.6) is 0 Å². The van der Waals surface area contributed by atoms with Crippen molar-refractivity contribution in [2.75, 3.05) is 5.32 Å². The van der Waals surface area contributed by atoms with E-state index in [4.69, 9.17) is 5.14 Å². The molecular formula is C13H16N4O3S. The first kappa shape index (κ1) is 15.2. The highest BCUT2D eigenvalue weighted by Gasteiger charge is 2.09. The van der Waals surface area contributed by atoms with Crippen LogP contribution >= 0.6 is 0 Å². The highest BCUT2D eigenvalue weighted by Crippen LogP contribution is 2.13. The number of hydrogen-bond donors (Lipinski definition) is 2. The molecule has 21 heavy (non-hydrogen) atoms. The van der Waals surface area contributed by atoms with E-state index >= 15 is 0 Å². The fraction of sp³-hybridized carbons (Fsp3) is 0.231. The van der Waals surface area contributed by atoms with E-state index in [1.54, 1.807) is 4.68 Å². The first-order valence-corrected chi connectivity index (χ1v) is 7.74. The number of benzene rings is 1. The SMILES string of the molecule is Cc1cc(C)n(CC(=O)Nc2ccc(S(N)(=O)=O)cc2)n1. The van der Waals surface area contributed by atoms with Gasteiger partial charge in [-0.15, -0.1) is 0 Å². The van der Waals surface area contributed by atoms with E-state index in [0.717, 1.165) is 11.4 Å². The third-order valence-corrected chi connectivity index (χ3v) is 3.79. The Labute approximate surface area is 122 Å². The molecule has 2 aromatic rings. The summed E-state index contributed by atoms with van der Waals surface area (Å²) in [6.07, 6.45) is 0. The molecule has 0 fully saturated rings. The van der Waals surface area contributed by atoms with Gasteiger partial charge in [0.05, 0.1) is 10.6 Å². The fourth-order valence-electron chi connectivity index (χ4n) is 1.90. The van der Waals surface area contributed by atoms with E-state index in [1.807, 2.05) is 19.9 Å². The zero-order valence-electron chi connectivity index (χ0n) is 11.7. The number of nitrogens with two attached hydrogens (primary N) is 1. The predicted octanol–water partition coefficient (Wildman–Crippen LogP) is 0.786. The number of carbonyl (C=O) groups excluding carboxylic acids is 1. The number of aryl methyl sites for hydroxylation is 2. The molecule has 1 aromatic heterocycles. The molecule has 0 atom stereocenters. The van der Waals surface area contributed by atoms with E-state index in [9.17, 15) is 13.2 Å². The van der Waals surface area contributed by atoms with E-state index in [-0.39, 0.29) is 17.3 Å². The molecule has 0 aliphatic rings. The molecule has 0 spiro atoms. The Morgan fingerprint density at radius 3 is 2.38 bits per heavy atom. The fourth-order valence-corrected chi connectivity index (χ4v) is 2.41. The number of amides is 1. The van der Waals surface area contributed by atoms with Crippen LogP contribution < -0.4 is 10.5 Å². The van der Waals surface area contributed by atoms with Crippen molar-refractivity contribution in [1.82, 2.24) is 9.78 Å². The minimum atomic E-state index is -3.73. The van der Waals surface area contributed by atoms with Crippen LogP contribution in [0.15, 0.2) is 35.2 Å². The number of aromatic nitrogens is 2. The molecule has 0 aliphatic heterocycles. The lowest BCUT2D eigenvalue weighted by Crippen LogP contribution is -2.20. The summed E-state index contributed by atoms with van der Waals surface area (Å²) in [5.74, 6) is -0.246. The van der Waals surface area contributed by atoms with Crippen molar-refractivity contribution in [1.29, 1.82) is 0 Å². The maximum absolute atomic E-state index is 11.9. The Hall–Kier alpha value is -2.19. The van der Waals surface area contributed by atoms with E-state index in [0.29, 0.717) is 5.69 Å². The number of hydrogen-bond acceptors (Lipinski definition) is 4. The molecule has 0 unspecified atom stereocenters. The molecule has 0 saturated heterocycles. The maximum Gasteiger partial charge on any atom is 0.246 e. The van der Waals surface area contributed by atoms with Gasteiger partial charge in [-0.1, -0.05) is 0 Å². The molecule has 0 bridgehead atoms. The van der Waals surface area contributed by atoms with Gasteiger partial charge in [-0.3, -0.25) is 9.48 Å². The van der Waals surface area contributed by atoms with Crippen LogP contribution in [0.3, 0.4) is 0 Å². The average molecular weight is 308 g/mol. The summed E-state index contributed by atoms with van der Waals surface area (Å²) in [6, 6.07) is 7.54. The summed E-state index contributed by atoms with van der Waals surface area (Å²) in [4.78, 5) is 11.9. The second-order valence-electron chi connectivity index (χ2n) is 4.70. The van der Waals surface area contributed by atoms with Crippen LogP contribution in [0, 0.1) is 13.8 Å². The average Bonchev–Trinajstić information content (AvgIpc) is 2.67. The van der Waals surface area contributed by atoms with Crippen LogP contribution in [-0.2, 0) is 21.4 Å². The highest BCUT2D eigenvalue weighted by atomic mass is 32.2. The molecule has 0 saturated carbocycles. The van der Waals surface area contributed by atoms with Gasteiger partial charge in [0.2, 0.25) is 15.9 Å². The molecule has 0 aliphatic carbocycles. The van der Waals surface area contributed by atoms with Gasteiger partial charge in [0.1, 0.15) is 6.54 Å². The number of primary sulfonamides is 1. The predicted molar refractivity (Wildman–Crippen MR) is 78.1 cm³/mol. The van der Waals surface area contributed by atoms with Gasteiger partial charge in [-0.25, -0.2) is 13.6 Å². The molecule has 1 heterocycles. The van der Waals surface area contributed by atoms with Crippen molar-refractivity contribution in [3.8, 4) is 0 Å². The summed E-state index contributed by atoms with van der Waals surface area (Å²) in [5, 5.41) is 11.9. The van der Waals surface area contributed by atoms with Crippen LogP contribution in [0.2, 0.25) is 0 Å². The van der Waals surface area contributed by atoms with Gasteiger partial charge in [0.25, 0.3) is 0 Å². The maximum atomic E-state index is 11.9. The summed E-state index contributed by atoms with van der Waals surface area (Å²) in [6.45, 7) is 3.82. The normalized spacial score (nSPS) is 11.4. The van der Waals surface area contributed by atoms with Gasteiger partial charge < -0.3 is 5.32 Å². The van der Waals surface area contributed by atoms with Crippen molar-refractivity contribution in [2.24, 2.45) is 5.14 Å². The molecule has 8 heteroatoms. The number of rotatable bonds is 4. The molecule has 2 rings (SSSR count). The molecule has 1 aromatic carbocycles. The number of nitrogens with zero attached hydrogens (tertiary/aromatic N) is 2. The van der Waals surface area contributed by atoms with Crippen LogP contribution in [0.25, 0.3) is 0 Å². The Kier molecular flexibility index (Phi) is 4.10. The number of carbonyl (C=O) groups is 1. The zero-order chi connectivity index (χ0) is 15.6. The Balaban J connectivity index is 2.05. The second-order valence-corrected chi connectivity index (χ2v) is 6.26. The molecule has 0 radical (unpaired) electrons. The number of nitrogens with one attached hydrogen (secondary N) is 1. The van der Waals surface area contributed by atoms with E-state index in [2.05, 4.69) is 10.4 Å².